The van der Waals surface area contributed by atoms with E-state index in [2.05, 4.69) is 39.5 Å². The molecule has 1 unspecified atom stereocenters. The first-order valence-electron chi connectivity index (χ1n) is 9.24. The van der Waals surface area contributed by atoms with E-state index in [1.54, 1.807) is 0 Å². The van der Waals surface area contributed by atoms with E-state index in [1.807, 2.05) is 41.8 Å². The van der Waals surface area contributed by atoms with E-state index < -0.39 is 0 Å². The summed E-state index contributed by atoms with van der Waals surface area (Å²) in [6, 6.07) is 16.5. The van der Waals surface area contributed by atoms with Crippen molar-refractivity contribution in [3.05, 3.63) is 71.7 Å². The molecule has 0 radical (unpaired) electrons. The molecule has 5 heteroatoms. The molecular formula is C21H24N4O. The van der Waals surface area contributed by atoms with Crippen LogP contribution in [0.2, 0.25) is 0 Å². The average molecular weight is 348 g/mol. The van der Waals surface area contributed by atoms with Gasteiger partial charge in [-0.1, -0.05) is 36.4 Å². The molecule has 1 atom stereocenters. The molecule has 5 nitrogen and oxygen atoms in total. The van der Waals surface area contributed by atoms with E-state index in [1.165, 1.54) is 18.4 Å². The Labute approximate surface area is 153 Å². The van der Waals surface area contributed by atoms with Crippen LogP contribution in [0.5, 0.6) is 0 Å². The van der Waals surface area contributed by atoms with Gasteiger partial charge in [0.1, 0.15) is 11.3 Å². The molecule has 1 aliphatic rings. The SMILES string of the molecule is Cc1cccc2nc(C(=O)NCC(c3ccccc3)N3CCCC3)cn12. The van der Waals surface area contributed by atoms with Crippen LogP contribution in [0.4, 0.5) is 0 Å². The number of nitrogens with zero attached hydrogens (tertiary/aromatic N) is 3. The number of hydrogen-bond acceptors (Lipinski definition) is 3. The van der Waals surface area contributed by atoms with Crippen LogP contribution in [0.3, 0.4) is 0 Å². The zero-order chi connectivity index (χ0) is 17.9. The number of carbonyl (C=O) groups is 1. The van der Waals surface area contributed by atoms with Gasteiger partial charge in [-0.2, -0.15) is 0 Å². The number of benzene rings is 1. The van der Waals surface area contributed by atoms with Gasteiger partial charge in [0, 0.05) is 18.4 Å². The van der Waals surface area contributed by atoms with Crippen LogP contribution in [0, 0.1) is 6.92 Å². The van der Waals surface area contributed by atoms with Gasteiger partial charge in [0.25, 0.3) is 5.91 Å². The lowest BCUT2D eigenvalue weighted by Crippen LogP contribution is -2.36. The van der Waals surface area contributed by atoms with Gasteiger partial charge in [0.05, 0.1) is 6.04 Å². The molecule has 2 aromatic heterocycles. The molecule has 1 fully saturated rings. The van der Waals surface area contributed by atoms with Crippen molar-refractivity contribution in [1.82, 2.24) is 19.6 Å². The summed E-state index contributed by atoms with van der Waals surface area (Å²) in [7, 11) is 0. The van der Waals surface area contributed by atoms with Crippen molar-refractivity contribution in [3.8, 4) is 0 Å². The molecule has 1 amide bonds. The minimum absolute atomic E-state index is 0.117. The van der Waals surface area contributed by atoms with Crippen LogP contribution in [-0.4, -0.2) is 39.8 Å². The van der Waals surface area contributed by atoms with Gasteiger partial charge in [-0.3, -0.25) is 9.69 Å². The lowest BCUT2D eigenvalue weighted by molar-refractivity contribution is 0.0933. The van der Waals surface area contributed by atoms with Crippen LogP contribution < -0.4 is 5.32 Å². The van der Waals surface area contributed by atoms with E-state index in [-0.39, 0.29) is 11.9 Å². The molecular weight excluding hydrogens is 324 g/mol. The van der Waals surface area contributed by atoms with E-state index in [0.717, 1.165) is 24.4 Å². The predicted octanol–water partition coefficient (Wildman–Crippen LogP) is 3.21. The van der Waals surface area contributed by atoms with Gasteiger partial charge in [-0.25, -0.2) is 4.98 Å². The van der Waals surface area contributed by atoms with Crippen molar-refractivity contribution in [3.63, 3.8) is 0 Å². The van der Waals surface area contributed by atoms with E-state index >= 15 is 0 Å². The van der Waals surface area contributed by atoms with Gasteiger partial charge in [-0.15, -0.1) is 0 Å². The highest BCUT2D eigenvalue weighted by atomic mass is 16.1. The Bertz CT molecular complexity index is 897. The highest BCUT2D eigenvalue weighted by Gasteiger charge is 2.24. The summed E-state index contributed by atoms with van der Waals surface area (Å²) in [5.41, 5.74) is 3.58. The number of aryl methyl sites for hydroxylation is 1. The fourth-order valence-electron chi connectivity index (χ4n) is 3.72. The van der Waals surface area contributed by atoms with Crippen molar-refractivity contribution < 1.29 is 4.79 Å². The molecule has 26 heavy (non-hydrogen) atoms. The van der Waals surface area contributed by atoms with Gasteiger partial charge in [0.2, 0.25) is 0 Å². The number of likely N-dealkylation sites (tertiary alicyclic amines) is 1. The molecule has 0 bridgehead atoms. The number of carbonyl (C=O) groups excluding carboxylic acids is 1. The minimum atomic E-state index is -0.117. The number of nitrogens with one attached hydrogen (secondary N) is 1. The quantitative estimate of drug-likeness (QED) is 0.770. The largest absolute Gasteiger partial charge is 0.349 e. The van der Waals surface area contributed by atoms with Gasteiger partial charge in [-0.05, 0) is 50.6 Å². The first-order chi connectivity index (χ1) is 12.7. The lowest BCUT2D eigenvalue weighted by Gasteiger charge is -2.28. The molecule has 0 aliphatic carbocycles. The Morgan fingerprint density at radius 3 is 2.62 bits per heavy atom. The summed E-state index contributed by atoms with van der Waals surface area (Å²) in [4.78, 5) is 19.6. The summed E-state index contributed by atoms with van der Waals surface area (Å²) in [6.45, 7) is 4.77. The second-order valence-corrected chi connectivity index (χ2v) is 6.90. The number of aromatic nitrogens is 2. The second-order valence-electron chi connectivity index (χ2n) is 6.90. The zero-order valence-electron chi connectivity index (χ0n) is 15.1. The highest BCUT2D eigenvalue weighted by Crippen LogP contribution is 2.24. The summed E-state index contributed by atoms with van der Waals surface area (Å²) in [6.07, 6.45) is 4.26. The average Bonchev–Trinajstić information content (AvgIpc) is 3.33. The molecule has 1 saturated heterocycles. The molecule has 4 rings (SSSR count). The van der Waals surface area contributed by atoms with Crippen molar-refractivity contribution in [2.75, 3.05) is 19.6 Å². The number of rotatable bonds is 5. The van der Waals surface area contributed by atoms with E-state index in [9.17, 15) is 4.79 Å². The summed E-state index contributed by atoms with van der Waals surface area (Å²) in [5, 5.41) is 3.10. The molecule has 3 heterocycles. The maximum absolute atomic E-state index is 12.7. The van der Waals surface area contributed by atoms with E-state index in [4.69, 9.17) is 0 Å². The second kappa shape index (κ2) is 7.30. The standard InChI is InChI=1S/C21H24N4O/c1-16-8-7-11-20-23-18(15-25(16)20)21(26)22-14-19(24-12-5-6-13-24)17-9-3-2-4-10-17/h2-4,7-11,15,19H,5-6,12-14H2,1H3,(H,22,26). The third-order valence-corrected chi connectivity index (χ3v) is 5.15. The van der Waals surface area contributed by atoms with Crippen LogP contribution >= 0.6 is 0 Å². The fraction of sp³-hybridized carbons (Fsp3) is 0.333. The smallest absolute Gasteiger partial charge is 0.271 e. The molecule has 1 aliphatic heterocycles. The Morgan fingerprint density at radius 2 is 1.88 bits per heavy atom. The molecule has 0 spiro atoms. The lowest BCUT2D eigenvalue weighted by atomic mass is 10.1. The van der Waals surface area contributed by atoms with Crippen molar-refractivity contribution in [2.45, 2.75) is 25.8 Å². The maximum atomic E-state index is 12.7. The Kier molecular flexibility index (Phi) is 4.71. The minimum Gasteiger partial charge on any atom is -0.349 e. The molecule has 134 valence electrons. The van der Waals surface area contributed by atoms with E-state index in [0.29, 0.717) is 12.2 Å². The number of imidazole rings is 1. The van der Waals surface area contributed by atoms with Crippen molar-refractivity contribution in [2.24, 2.45) is 0 Å². The highest BCUT2D eigenvalue weighted by molar-refractivity contribution is 5.92. The first-order valence-corrected chi connectivity index (χ1v) is 9.24. The van der Waals surface area contributed by atoms with Crippen LogP contribution in [0.1, 0.15) is 40.6 Å². The summed E-state index contributed by atoms with van der Waals surface area (Å²) < 4.78 is 1.95. The van der Waals surface area contributed by atoms with Crippen LogP contribution in [0.15, 0.2) is 54.7 Å². The third-order valence-electron chi connectivity index (χ3n) is 5.15. The predicted molar refractivity (Wildman–Crippen MR) is 102 cm³/mol. The molecule has 0 saturated carbocycles. The summed E-state index contributed by atoms with van der Waals surface area (Å²) in [5.74, 6) is -0.117. The van der Waals surface area contributed by atoms with Crippen molar-refractivity contribution >= 4 is 11.6 Å². The third kappa shape index (κ3) is 3.35. The van der Waals surface area contributed by atoms with Gasteiger partial charge < -0.3 is 9.72 Å². The summed E-state index contributed by atoms with van der Waals surface area (Å²) >= 11 is 0. The monoisotopic (exact) mass is 348 g/mol. The number of amides is 1. The number of fused-ring (bicyclic) bond motifs is 1. The Balaban J connectivity index is 1.51. The maximum Gasteiger partial charge on any atom is 0.271 e. The van der Waals surface area contributed by atoms with Crippen molar-refractivity contribution in [1.29, 1.82) is 0 Å². The molecule has 1 aromatic carbocycles. The Morgan fingerprint density at radius 1 is 1.12 bits per heavy atom. The Hall–Kier alpha value is -2.66. The van der Waals surface area contributed by atoms with Crippen LogP contribution in [0.25, 0.3) is 5.65 Å². The van der Waals surface area contributed by atoms with Crippen LogP contribution in [-0.2, 0) is 0 Å². The molecule has 3 aromatic rings. The normalized spacial score (nSPS) is 16.0. The first kappa shape index (κ1) is 16.8. The van der Waals surface area contributed by atoms with Gasteiger partial charge in [0.15, 0.2) is 0 Å². The topological polar surface area (TPSA) is 49.6 Å². The fourth-order valence-corrected chi connectivity index (χ4v) is 3.72. The number of hydrogen-bond donors (Lipinski definition) is 1. The number of pyridine rings is 1. The van der Waals surface area contributed by atoms with Gasteiger partial charge >= 0.3 is 0 Å². The molecule has 1 N–H and O–H groups in total. The zero-order valence-corrected chi connectivity index (χ0v) is 15.1.